The van der Waals surface area contributed by atoms with Crippen LogP contribution in [0.25, 0.3) is 0 Å². The largest absolute Gasteiger partial charge is 0.462 e. The van der Waals surface area contributed by atoms with Crippen LogP contribution in [0.4, 0.5) is 26.3 Å². The van der Waals surface area contributed by atoms with Crippen LogP contribution in [0.2, 0.25) is 0 Å². The number of rotatable bonds is 7. The molecule has 1 aliphatic rings. The number of carbonyl (C=O) groups is 1. The minimum atomic E-state index is -5.93. The van der Waals surface area contributed by atoms with Crippen molar-refractivity contribution >= 4 is 15.2 Å². The maximum Gasteiger partial charge on any atom is 0.426 e. The van der Waals surface area contributed by atoms with Crippen LogP contribution >= 0.6 is 9.24 Å². The van der Waals surface area contributed by atoms with Crippen LogP contribution in [-0.4, -0.2) is 41.3 Å². The van der Waals surface area contributed by atoms with Gasteiger partial charge in [-0.05, 0) is 36.8 Å². The smallest absolute Gasteiger partial charge is 0.426 e. The summed E-state index contributed by atoms with van der Waals surface area (Å²) in [5.74, 6) is -2.14. The molecule has 0 aromatic heterocycles. The third-order valence-electron chi connectivity index (χ3n) is 5.35. The van der Waals surface area contributed by atoms with Crippen molar-refractivity contribution in [1.82, 2.24) is 0 Å². The van der Waals surface area contributed by atoms with Gasteiger partial charge in [0.1, 0.15) is 6.10 Å². The predicted octanol–water partition coefficient (Wildman–Crippen LogP) is 5.65. The molecule has 0 heterocycles. The molecule has 0 aromatic carbocycles. The second-order valence-corrected chi connectivity index (χ2v) is 9.60. The zero-order valence-electron chi connectivity index (χ0n) is 17.0. The van der Waals surface area contributed by atoms with E-state index in [2.05, 4.69) is 9.24 Å². The molecule has 3 unspecified atom stereocenters. The zero-order chi connectivity index (χ0) is 22.7. The van der Waals surface area contributed by atoms with E-state index >= 15 is 0 Å². The van der Waals surface area contributed by atoms with Gasteiger partial charge in [-0.2, -0.15) is 26.3 Å². The van der Waals surface area contributed by atoms with E-state index in [1.807, 2.05) is 20.8 Å². The number of aliphatic hydroxyl groups is 1. The summed E-state index contributed by atoms with van der Waals surface area (Å²) in [6.45, 7) is 5.62. The number of hydrogen-bond acceptors (Lipinski definition) is 3. The lowest BCUT2D eigenvalue weighted by Crippen LogP contribution is -2.59. The molecule has 1 fully saturated rings. The van der Waals surface area contributed by atoms with E-state index in [0.717, 1.165) is 6.42 Å². The van der Waals surface area contributed by atoms with Gasteiger partial charge in [0, 0.05) is 6.42 Å². The highest BCUT2D eigenvalue weighted by Crippen LogP contribution is 2.48. The van der Waals surface area contributed by atoms with Gasteiger partial charge in [0.05, 0.1) is 5.92 Å². The maximum absolute atomic E-state index is 13.2. The van der Waals surface area contributed by atoms with E-state index in [1.165, 1.54) is 0 Å². The molecule has 0 amide bonds. The van der Waals surface area contributed by atoms with Crippen LogP contribution in [0.1, 0.15) is 65.7 Å². The van der Waals surface area contributed by atoms with Crippen molar-refractivity contribution in [3.63, 3.8) is 0 Å². The molecule has 10 heteroatoms. The van der Waals surface area contributed by atoms with Gasteiger partial charge >= 0.3 is 18.3 Å². The first-order chi connectivity index (χ1) is 13.0. The lowest BCUT2D eigenvalue weighted by Gasteiger charge is -2.38. The van der Waals surface area contributed by atoms with Crippen LogP contribution in [0.3, 0.4) is 0 Å². The molecule has 172 valence electrons. The number of carbonyl (C=O) groups excluding carboxylic acids is 1. The van der Waals surface area contributed by atoms with Gasteiger partial charge in [-0.3, -0.25) is 4.79 Å². The fourth-order valence-electron chi connectivity index (χ4n) is 3.74. The molecule has 0 radical (unpaired) electrons. The summed E-state index contributed by atoms with van der Waals surface area (Å²) in [4.78, 5) is 12.6. The van der Waals surface area contributed by atoms with Crippen molar-refractivity contribution in [2.75, 3.05) is 6.16 Å². The summed E-state index contributed by atoms with van der Waals surface area (Å²) in [6.07, 6.45) is -11.8. The third-order valence-corrected chi connectivity index (χ3v) is 5.92. The Balaban J connectivity index is 3.15. The van der Waals surface area contributed by atoms with Crippen molar-refractivity contribution in [1.29, 1.82) is 0 Å². The summed E-state index contributed by atoms with van der Waals surface area (Å²) >= 11 is 0. The topological polar surface area (TPSA) is 46.5 Å². The van der Waals surface area contributed by atoms with Crippen molar-refractivity contribution in [2.45, 2.75) is 89.8 Å². The number of ether oxygens (including phenoxy) is 1. The predicted molar refractivity (Wildman–Crippen MR) is 100 cm³/mol. The minimum absolute atomic E-state index is 0.274. The summed E-state index contributed by atoms with van der Waals surface area (Å²) in [7, 11) is 2.36. The van der Waals surface area contributed by atoms with E-state index in [0.29, 0.717) is 32.1 Å². The Morgan fingerprint density at radius 3 is 1.86 bits per heavy atom. The average molecular weight is 452 g/mol. The first-order valence-corrected chi connectivity index (χ1v) is 10.6. The second kappa shape index (κ2) is 9.71. The molecular formula is C19H31F6O3P. The lowest BCUT2D eigenvalue weighted by molar-refractivity contribution is -0.375. The zero-order valence-corrected chi connectivity index (χ0v) is 18.2. The van der Waals surface area contributed by atoms with Gasteiger partial charge in [0.2, 0.25) is 0 Å². The molecule has 29 heavy (non-hydrogen) atoms. The fraction of sp³-hybridized carbons (Fsp3) is 0.947. The number of alkyl halides is 6. The monoisotopic (exact) mass is 452 g/mol. The number of esters is 1. The Bertz CT molecular complexity index is 522. The average Bonchev–Trinajstić information content (AvgIpc) is 2.56. The summed E-state index contributed by atoms with van der Waals surface area (Å²) in [5, 5.41) is 9.64. The Morgan fingerprint density at radius 1 is 1.00 bits per heavy atom. The summed E-state index contributed by atoms with van der Waals surface area (Å²) in [5.41, 5.74) is -5.21. The molecule has 1 aliphatic carbocycles. The van der Waals surface area contributed by atoms with Crippen molar-refractivity contribution in [2.24, 2.45) is 17.3 Å². The van der Waals surface area contributed by atoms with E-state index in [1.54, 1.807) is 0 Å². The summed E-state index contributed by atoms with van der Waals surface area (Å²) < 4.78 is 84.5. The van der Waals surface area contributed by atoms with Crippen molar-refractivity contribution in [3.8, 4) is 0 Å². The molecule has 0 bridgehead atoms. The van der Waals surface area contributed by atoms with Gasteiger partial charge in [-0.25, -0.2) is 0 Å². The molecule has 0 aromatic rings. The molecule has 1 saturated carbocycles. The fourth-order valence-corrected chi connectivity index (χ4v) is 4.10. The van der Waals surface area contributed by atoms with Gasteiger partial charge in [0.25, 0.3) is 5.60 Å². The SMILES string of the molecule is CC(C)(C)CC(CP)C(=O)OC(CC(O)(C(F)(F)F)C(F)(F)F)C1CCCCC1. The molecule has 0 saturated heterocycles. The highest BCUT2D eigenvalue weighted by Gasteiger charge is 2.71. The Labute approximate surface area is 170 Å². The Morgan fingerprint density at radius 2 is 1.48 bits per heavy atom. The lowest BCUT2D eigenvalue weighted by atomic mass is 9.80. The molecular weight excluding hydrogens is 421 g/mol. The van der Waals surface area contributed by atoms with E-state index in [4.69, 9.17) is 4.74 Å². The molecule has 3 atom stereocenters. The minimum Gasteiger partial charge on any atom is -0.462 e. The van der Waals surface area contributed by atoms with Crippen molar-refractivity contribution < 1.29 is 41.0 Å². The molecule has 3 nitrogen and oxygen atoms in total. The summed E-state index contributed by atoms with van der Waals surface area (Å²) in [6, 6.07) is 0. The second-order valence-electron chi connectivity index (χ2n) is 9.13. The van der Waals surface area contributed by atoms with Crippen LogP contribution in [0, 0.1) is 17.3 Å². The normalized spacial score (nSPS) is 19.7. The van der Waals surface area contributed by atoms with E-state index in [-0.39, 0.29) is 11.6 Å². The quantitative estimate of drug-likeness (QED) is 0.308. The van der Waals surface area contributed by atoms with Crippen LogP contribution in [-0.2, 0) is 9.53 Å². The van der Waals surface area contributed by atoms with Crippen molar-refractivity contribution in [3.05, 3.63) is 0 Å². The Kier molecular flexibility index (Phi) is 8.87. The van der Waals surface area contributed by atoms with Crippen LogP contribution in [0.15, 0.2) is 0 Å². The molecule has 1 N–H and O–H groups in total. The van der Waals surface area contributed by atoms with Gasteiger partial charge < -0.3 is 9.84 Å². The highest BCUT2D eigenvalue weighted by molar-refractivity contribution is 7.16. The Hall–Kier alpha value is -0.560. The van der Waals surface area contributed by atoms with Crippen LogP contribution < -0.4 is 0 Å². The number of halogens is 6. The molecule has 0 aliphatic heterocycles. The van der Waals surface area contributed by atoms with Gasteiger partial charge in [-0.1, -0.05) is 40.0 Å². The first kappa shape index (κ1) is 26.5. The van der Waals surface area contributed by atoms with E-state index in [9.17, 15) is 36.2 Å². The van der Waals surface area contributed by atoms with Gasteiger partial charge in [-0.15, -0.1) is 9.24 Å². The maximum atomic E-state index is 13.2. The van der Waals surface area contributed by atoms with Crippen LogP contribution in [0.5, 0.6) is 0 Å². The van der Waals surface area contributed by atoms with Gasteiger partial charge in [0.15, 0.2) is 0 Å². The van der Waals surface area contributed by atoms with E-state index < -0.39 is 48.3 Å². The third kappa shape index (κ3) is 7.27. The molecule has 1 rings (SSSR count). The first-order valence-electron chi connectivity index (χ1n) is 9.78. The molecule has 0 spiro atoms. The highest BCUT2D eigenvalue weighted by atomic mass is 31.0. The number of hydrogen-bond donors (Lipinski definition) is 1. The standard InChI is InChI=1S/C19H31F6O3P/c1-16(2,3)9-13(11-29)15(26)28-14(12-7-5-4-6-8-12)10-17(27,18(20,21)22)19(23,24)25/h12-14,27H,4-11,29H2,1-3H3.